The van der Waals surface area contributed by atoms with Crippen molar-refractivity contribution in [3.63, 3.8) is 0 Å². The van der Waals surface area contributed by atoms with Crippen LogP contribution in [-0.4, -0.2) is 32.3 Å². The molecule has 3 rings (SSSR count). The fraction of sp³-hybridized carbons (Fsp3) is 0.304. The van der Waals surface area contributed by atoms with Gasteiger partial charge in [0.15, 0.2) is 11.0 Å². The highest BCUT2D eigenvalue weighted by Crippen LogP contribution is 2.28. The second-order valence-corrected chi connectivity index (χ2v) is 10.9. The third-order valence-corrected chi connectivity index (χ3v) is 7.75. The second-order valence-electron chi connectivity index (χ2n) is 7.87. The molecule has 3 aromatic rings. The Morgan fingerprint density at radius 1 is 1.09 bits per heavy atom. The van der Waals surface area contributed by atoms with Crippen molar-refractivity contribution < 1.29 is 9.59 Å². The first-order chi connectivity index (χ1) is 16.6. The van der Waals surface area contributed by atoms with Crippen molar-refractivity contribution in [3.8, 4) is 0 Å². The van der Waals surface area contributed by atoms with Gasteiger partial charge in [-0.1, -0.05) is 60.4 Å². The van der Waals surface area contributed by atoms with Gasteiger partial charge in [-0.15, -0.1) is 10.2 Å². The number of rotatable bonds is 9. The lowest BCUT2D eigenvalue weighted by molar-refractivity contribution is -0.113. The maximum absolute atomic E-state index is 12.9. The van der Waals surface area contributed by atoms with E-state index in [-0.39, 0.29) is 28.5 Å². The molecule has 2 aromatic carbocycles. The van der Waals surface area contributed by atoms with E-state index in [1.165, 1.54) is 17.8 Å². The first-order valence-corrected chi connectivity index (χ1v) is 13.6. The number of nitrogens with zero attached hydrogens (tertiary/aromatic N) is 3. The zero-order chi connectivity index (χ0) is 25.7. The van der Waals surface area contributed by atoms with Crippen molar-refractivity contribution in [2.24, 2.45) is 5.92 Å². The summed E-state index contributed by atoms with van der Waals surface area (Å²) >= 11 is 22.8. The Kier molecular flexibility index (Phi) is 9.89. The number of thioether (sulfide) groups is 1. The number of nitrogens with one attached hydrogen (secondary N) is 2. The van der Waals surface area contributed by atoms with Crippen LogP contribution in [0.25, 0.3) is 0 Å². The average molecular weight is 620 g/mol. The molecule has 0 radical (unpaired) electrons. The molecular formula is C23H23BrCl3N5O2S. The summed E-state index contributed by atoms with van der Waals surface area (Å²) in [5.74, 6) is 0.209. The minimum Gasteiger partial charge on any atom is -0.342 e. The molecule has 12 heteroatoms. The van der Waals surface area contributed by atoms with Crippen LogP contribution in [0.5, 0.6) is 0 Å². The third kappa shape index (κ3) is 7.13. The van der Waals surface area contributed by atoms with Gasteiger partial charge in [0.2, 0.25) is 5.91 Å². The largest absolute Gasteiger partial charge is 0.342 e. The lowest BCUT2D eigenvalue weighted by Crippen LogP contribution is -2.34. The van der Waals surface area contributed by atoms with E-state index in [0.717, 1.165) is 4.47 Å². The number of hydrogen-bond acceptors (Lipinski definition) is 5. The summed E-state index contributed by atoms with van der Waals surface area (Å²) in [6.45, 7) is 6.48. The summed E-state index contributed by atoms with van der Waals surface area (Å²) in [5.41, 5.74) is 0.925. The molecule has 0 aliphatic heterocycles. The molecule has 2 amide bonds. The number of aromatic nitrogens is 3. The van der Waals surface area contributed by atoms with E-state index in [1.807, 2.05) is 25.3 Å². The molecule has 0 spiro atoms. The fourth-order valence-electron chi connectivity index (χ4n) is 3.26. The number of halogens is 4. The monoisotopic (exact) mass is 617 g/mol. The predicted octanol–water partition coefficient (Wildman–Crippen LogP) is 6.88. The van der Waals surface area contributed by atoms with E-state index in [1.54, 1.807) is 30.3 Å². The van der Waals surface area contributed by atoms with E-state index in [9.17, 15) is 9.59 Å². The van der Waals surface area contributed by atoms with Crippen molar-refractivity contribution in [1.82, 2.24) is 20.1 Å². The molecule has 0 aliphatic rings. The highest BCUT2D eigenvalue weighted by Gasteiger charge is 2.27. The highest BCUT2D eigenvalue weighted by molar-refractivity contribution is 9.10. The topological polar surface area (TPSA) is 88.9 Å². The maximum Gasteiger partial charge on any atom is 0.253 e. The van der Waals surface area contributed by atoms with Crippen LogP contribution >= 0.6 is 62.5 Å². The van der Waals surface area contributed by atoms with Gasteiger partial charge >= 0.3 is 0 Å². The third-order valence-electron chi connectivity index (χ3n) is 5.00. The number of anilines is 1. The molecule has 0 saturated heterocycles. The molecule has 0 saturated carbocycles. The lowest BCUT2D eigenvalue weighted by Gasteiger charge is -2.22. The van der Waals surface area contributed by atoms with E-state index in [0.29, 0.717) is 38.8 Å². The maximum atomic E-state index is 12.9. The molecule has 0 unspecified atom stereocenters. The Morgan fingerprint density at radius 2 is 1.83 bits per heavy atom. The minimum absolute atomic E-state index is 0.0165. The smallest absolute Gasteiger partial charge is 0.253 e. The summed E-state index contributed by atoms with van der Waals surface area (Å²) < 4.78 is 2.64. The number of benzene rings is 2. The molecule has 1 aromatic heterocycles. The van der Waals surface area contributed by atoms with Gasteiger partial charge in [-0.25, -0.2) is 0 Å². The Bertz CT molecular complexity index is 1240. The van der Waals surface area contributed by atoms with Crippen LogP contribution in [0, 0.1) is 5.92 Å². The van der Waals surface area contributed by atoms with Crippen LogP contribution in [-0.2, 0) is 11.3 Å². The molecule has 7 nitrogen and oxygen atoms in total. The first-order valence-electron chi connectivity index (χ1n) is 10.7. The molecule has 35 heavy (non-hydrogen) atoms. The average Bonchev–Trinajstić information content (AvgIpc) is 3.20. The predicted molar refractivity (Wildman–Crippen MR) is 146 cm³/mol. The summed E-state index contributed by atoms with van der Waals surface area (Å²) in [6, 6.07) is 9.50. The summed E-state index contributed by atoms with van der Waals surface area (Å²) in [4.78, 5) is 25.4. The van der Waals surface area contributed by atoms with Crippen LogP contribution in [0.4, 0.5) is 5.69 Å². The van der Waals surface area contributed by atoms with Gasteiger partial charge < -0.3 is 15.2 Å². The highest BCUT2D eigenvalue weighted by atomic mass is 79.9. The zero-order valence-corrected chi connectivity index (χ0v) is 23.8. The van der Waals surface area contributed by atoms with Crippen LogP contribution < -0.4 is 10.6 Å². The lowest BCUT2D eigenvalue weighted by atomic mass is 10.0. The second kappa shape index (κ2) is 12.5. The summed E-state index contributed by atoms with van der Waals surface area (Å²) in [5, 5.41) is 16.3. The number of hydrogen-bond donors (Lipinski definition) is 2. The van der Waals surface area contributed by atoms with Gasteiger partial charge in [0.1, 0.15) is 0 Å². The van der Waals surface area contributed by atoms with Gasteiger partial charge in [0.05, 0.1) is 27.4 Å². The van der Waals surface area contributed by atoms with E-state index in [2.05, 4.69) is 36.8 Å². The number of carbonyl (C=O) groups is 2. The molecule has 1 atom stereocenters. The van der Waals surface area contributed by atoms with Crippen LogP contribution in [0.3, 0.4) is 0 Å². The number of carbonyl (C=O) groups excluding carboxylic acids is 2. The Morgan fingerprint density at radius 3 is 2.46 bits per heavy atom. The van der Waals surface area contributed by atoms with Gasteiger partial charge in [-0.3, -0.25) is 9.59 Å². The molecule has 1 heterocycles. The van der Waals surface area contributed by atoms with Crippen molar-refractivity contribution in [3.05, 3.63) is 67.3 Å². The summed E-state index contributed by atoms with van der Waals surface area (Å²) in [7, 11) is 0. The molecule has 0 aliphatic carbocycles. The van der Waals surface area contributed by atoms with Crippen molar-refractivity contribution in [2.45, 2.75) is 38.5 Å². The van der Waals surface area contributed by atoms with Crippen molar-refractivity contribution in [1.29, 1.82) is 0 Å². The molecule has 0 fully saturated rings. The Balaban J connectivity index is 1.72. The SMILES string of the molecule is CCn1c(SCC(=O)Nc2ccc(Br)c(Cl)c2)nnc1[C@H](NC(=O)c1ccc(Cl)cc1Cl)C(C)C. The Hall–Kier alpha value is -1.78. The number of amides is 2. The van der Waals surface area contributed by atoms with Crippen LogP contribution in [0.1, 0.15) is 43.0 Å². The van der Waals surface area contributed by atoms with Crippen molar-refractivity contribution in [2.75, 3.05) is 11.1 Å². The van der Waals surface area contributed by atoms with E-state index in [4.69, 9.17) is 34.8 Å². The van der Waals surface area contributed by atoms with Crippen molar-refractivity contribution >= 4 is 80.0 Å². The quantitative estimate of drug-likeness (QED) is 0.255. The van der Waals surface area contributed by atoms with Gasteiger partial charge in [0, 0.05) is 21.7 Å². The Labute approximate surface area is 231 Å². The van der Waals surface area contributed by atoms with Gasteiger partial charge in [-0.2, -0.15) is 0 Å². The zero-order valence-electron chi connectivity index (χ0n) is 19.1. The normalized spacial score (nSPS) is 12.0. The van der Waals surface area contributed by atoms with Crippen LogP contribution in [0.15, 0.2) is 46.0 Å². The standard InChI is InChI=1S/C23H23BrCl3N5O2S/c1-4-32-21(20(12(2)3)29-22(34)15-7-5-13(25)9-17(15)26)30-31-23(32)35-11-19(33)28-14-6-8-16(24)18(27)10-14/h5-10,12,20H,4,11H2,1-3H3,(H,28,33)(H,29,34)/t20-/m1/s1. The van der Waals surface area contributed by atoms with Crippen LogP contribution in [0.2, 0.25) is 15.1 Å². The van der Waals surface area contributed by atoms with E-state index < -0.39 is 6.04 Å². The first kappa shape index (κ1) is 27.8. The molecule has 0 bridgehead atoms. The fourth-order valence-corrected chi connectivity index (χ4v) is 4.99. The summed E-state index contributed by atoms with van der Waals surface area (Å²) in [6.07, 6.45) is 0. The molecule has 186 valence electrons. The van der Waals surface area contributed by atoms with Gasteiger partial charge in [-0.05, 0) is 65.2 Å². The molecule has 2 N–H and O–H groups in total. The molecular weight excluding hydrogens is 597 g/mol. The minimum atomic E-state index is -0.422. The van der Waals surface area contributed by atoms with Gasteiger partial charge in [0.25, 0.3) is 5.91 Å². The van der Waals surface area contributed by atoms with E-state index >= 15 is 0 Å².